The maximum atomic E-state index is 12.3. The first kappa shape index (κ1) is 16.6. The van der Waals surface area contributed by atoms with Crippen molar-refractivity contribution in [1.29, 1.82) is 0 Å². The molecule has 2 heterocycles. The molecule has 0 aliphatic rings. The highest BCUT2D eigenvalue weighted by atomic mass is 16.2. The van der Waals surface area contributed by atoms with Crippen LogP contribution in [0.5, 0.6) is 0 Å². The third-order valence-electron chi connectivity index (χ3n) is 3.44. The van der Waals surface area contributed by atoms with Gasteiger partial charge in [-0.15, -0.1) is 5.10 Å². The minimum Gasteiger partial charge on any atom is -0.347 e. The summed E-state index contributed by atoms with van der Waals surface area (Å²) in [4.78, 5) is 24.3. The molecule has 0 aliphatic carbocycles. The smallest absolute Gasteiger partial charge is 0.273 e. The van der Waals surface area contributed by atoms with Gasteiger partial charge in [-0.05, 0) is 25.1 Å². The van der Waals surface area contributed by atoms with Gasteiger partial charge in [0.2, 0.25) is 5.95 Å². The Morgan fingerprint density at radius 1 is 1.20 bits per heavy atom. The van der Waals surface area contributed by atoms with Gasteiger partial charge in [0.25, 0.3) is 5.91 Å². The molecule has 128 valence electrons. The lowest BCUT2D eigenvalue weighted by Crippen LogP contribution is -2.24. The van der Waals surface area contributed by atoms with E-state index in [1.54, 1.807) is 0 Å². The summed E-state index contributed by atoms with van der Waals surface area (Å²) in [6.07, 6.45) is 1.44. The van der Waals surface area contributed by atoms with Crippen LogP contribution in [0.1, 0.15) is 21.9 Å². The monoisotopic (exact) mass is 337 g/mol. The molecular weight excluding hydrogens is 318 g/mol. The van der Waals surface area contributed by atoms with Crippen LogP contribution in [0.3, 0.4) is 0 Å². The highest BCUT2D eigenvalue weighted by Gasteiger charge is 2.12. The van der Waals surface area contributed by atoms with Crippen molar-refractivity contribution >= 4 is 11.9 Å². The van der Waals surface area contributed by atoms with E-state index in [0.29, 0.717) is 12.5 Å². The van der Waals surface area contributed by atoms with Gasteiger partial charge in [0.1, 0.15) is 0 Å². The Morgan fingerprint density at radius 2 is 1.96 bits per heavy atom. The number of amides is 1. The average molecular weight is 337 g/mol. The van der Waals surface area contributed by atoms with Crippen LogP contribution in [-0.4, -0.2) is 45.0 Å². The second-order valence-corrected chi connectivity index (χ2v) is 5.73. The van der Waals surface area contributed by atoms with Crippen LogP contribution < -0.4 is 10.2 Å². The Kier molecular flexibility index (Phi) is 4.69. The summed E-state index contributed by atoms with van der Waals surface area (Å²) in [5, 5.41) is 11.1. The fraction of sp³-hybridized carbons (Fsp3) is 0.235. The second kappa shape index (κ2) is 7.08. The standard InChI is InChI=1S/C17H19N7O/c1-12-9-13(21-17(20-12)23(2)3)10-18-16(25)15-11-19-24(22-15)14-7-5-4-6-8-14/h4-9,11H,10H2,1-3H3,(H,18,25). The van der Waals surface area contributed by atoms with Crippen molar-refractivity contribution < 1.29 is 4.79 Å². The maximum Gasteiger partial charge on any atom is 0.273 e. The van der Waals surface area contributed by atoms with E-state index in [-0.39, 0.29) is 11.6 Å². The first-order valence-electron chi connectivity index (χ1n) is 7.81. The fourth-order valence-electron chi connectivity index (χ4n) is 2.22. The molecule has 8 heteroatoms. The number of carbonyl (C=O) groups is 1. The number of nitrogens with zero attached hydrogens (tertiary/aromatic N) is 6. The zero-order valence-electron chi connectivity index (χ0n) is 14.3. The molecule has 0 saturated carbocycles. The second-order valence-electron chi connectivity index (χ2n) is 5.73. The number of benzene rings is 1. The summed E-state index contributed by atoms with van der Waals surface area (Å²) in [5.41, 5.74) is 2.63. The Hall–Kier alpha value is -3.29. The van der Waals surface area contributed by atoms with E-state index >= 15 is 0 Å². The SMILES string of the molecule is Cc1cc(CNC(=O)c2cnn(-c3ccccc3)n2)nc(N(C)C)n1. The lowest BCUT2D eigenvalue weighted by molar-refractivity contribution is 0.0945. The molecule has 0 spiro atoms. The van der Waals surface area contributed by atoms with E-state index < -0.39 is 0 Å². The van der Waals surface area contributed by atoms with Gasteiger partial charge in [0.05, 0.1) is 24.1 Å². The van der Waals surface area contributed by atoms with Crippen LogP contribution in [0.25, 0.3) is 5.69 Å². The van der Waals surface area contributed by atoms with Gasteiger partial charge in [0, 0.05) is 19.8 Å². The molecule has 0 fully saturated rings. The van der Waals surface area contributed by atoms with Gasteiger partial charge in [-0.2, -0.15) is 9.90 Å². The number of rotatable bonds is 5. The van der Waals surface area contributed by atoms with Crippen LogP contribution in [0, 0.1) is 6.92 Å². The van der Waals surface area contributed by atoms with Gasteiger partial charge in [-0.1, -0.05) is 18.2 Å². The van der Waals surface area contributed by atoms with Gasteiger partial charge >= 0.3 is 0 Å². The van der Waals surface area contributed by atoms with Gasteiger partial charge in [-0.25, -0.2) is 9.97 Å². The van der Waals surface area contributed by atoms with Crippen LogP contribution in [0.4, 0.5) is 5.95 Å². The molecule has 3 aromatic rings. The molecular formula is C17H19N7O. The summed E-state index contributed by atoms with van der Waals surface area (Å²) >= 11 is 0. The minimum absolute atomic E-state index is 0.252. The van der Waals surface area contributed by atoms with Crippen molar-refractivity contribution in [2.45, 2.75) is 13.5 Å². The van der Waals surface area contributed by atoms with Crippen molar-refractivity contribution in [2.24, 2.45) is 0 Å². The van der Waals surface area contributed by atoms with Gasteiger partial charge < -0.3 is 10.2 Å². The van der Waals surface area contributed by atoms with E-state index in [4.69, 9.17) is 0 Å². The molecule has 1 aromatic carbocycles. The Balaban J connectivity index is 1.68. The number of hydrogen-bond acceptors (Lipinski definition) is 6. The van der Waals surface area contributed by atoms with E-state index in [1.165, 1.54) is 11.0 Å². The average Bonchev–Trinajstić information content (AvgIpc) is 3.10. The first-order chi connectivity index (χ1) is 12.0. The molecule has 8 nitrogen and oxygen atoms in total. The summed E-state index contributed by atoms with van der Waals surface area (Å²) in [5.74, 6) is 0.309. The number of carbonyl (C=O) groups excluding carboxylic acids is 1. The quantitative estimate of drug-likeness (QED) is 0.756. The maximum absolute atomic E-state index is 12.3. The molecule has 0 aliphatic heterocycles. The van der Waals surface area contributed by atoms with Crippen LogP contribution in [0.15, 0.2) is 42.6 Å². The lowest BCUT2D eigenvalue weighted by Gasteiger charge is -2.12. The molecule has 1 N–H and O–H groups in total. The lowest BCUT2D eigenvalue weighted by atomic mass is 10.3. The zero-order valence-corrected chi connectivity index (χ0v) is 14.3. The Morgan fingerprint density at radius 3 is 2.68 bits per heavy atom. The normalized spacial score (nSPS) is 10.5. The molecule has 0 unspecified atom stereocenters. The van der Waals surface area contributed by atoms with E-state index in [9.17, 15) is 4.79 Å². The van der Waals surface area contributed by atoms with Crippen molar-refractivity contribution in [3.8, 4) is 5.69 Å². The summed E-state index contributed by atoms with van der Waals surface area (Å²) in [7, 11) is 3.75. The summed E-state index contributed by atoms with van der Waals surface area (Å²) in [6, 6.07) is 11.3. The number of hydrogen-bond donors (Lipinski definition) is 1. The Bertz CT molecular complexity index is 874. The van der Waals surface area contributed by atoms with Crippen LogP contribution >= 0.6 is 0 Å². The van der Waals surface area contributed by atoms with E-state index in [0.717, 1.165) is 17.1 Å². The van der Waals surface area contributed by atoms with E-state index in [2.05, 4.69) is 25.5 Å². The van der Waals surface area contributed by atoms with Crippen molar-refractivity contribution in [2.75, 3.05) is 19.0 Å². The van der Waals surface area contributed by atoms with Crippen molar-refractivity contribution in [1.82, 2.24) is 30.3 Å². The van der Waals surface area contributed by atoms with Crippen molar-refractivity contribution in [3.05, 3.63) is 59.7 Å². The predicted molar refractivity (Wildman–Crippen MR) is 93.6 cm³/mol. The molecule has 25 heavy (non-hydrogen) atoms. The van der Waals surface area contributed by atoms with E-state index in [1.807, 2.05) is 62.3 Å². The predicted octanol–water partition coefficient (Wildman–Crippen LogP) is 1.36. The highest BCUT2D eigenvalue weighted by Crippen LogP contribution is 2.08. The van der Waals surface area contributed by atoms with Crippen LogP contribution in [0.2, 0.25) is 0 Å². The third kappa shape index (κ3) is 3.97. The number of para-hydroxylation sites is 1. The minimum atomic E-state index is -0.301. The number of nitrogens with one attached hydrogen (secondary N) is 1. The molecule has 0 radical (unpaired) electrons. The highest BCUT2D eigenvalue weighted by molar-refractivity contribution is 5.91. The zero-order chi connectivity index (χ0) is 17.8. The molecule has 1 amide bonds. The van der Waals surface area contributed by atoms with Crippen LogP contribution in [-0.2, 0) is 6.54 Å². The summed E-state index contributed by atoms with van der Waals surface area (Å²) in [6.45, 7) is 2.19. The molecule has 0 atom stereocenters. The molecule has 2 aromatic heterocycles. The Labute approximate surface area is 145 Å². The third-order valence-corrected chi connectivity index (χ3v) is 3.44. The topological polar surface area (TPSA) is 88.8 Å². The largest absolute Gasteiger partial charge is 0.347 e. The number of aromatic nitrogens is 5. The van der Waals surface area contributed by atoms with Gasteiger partial charge in [-0.3, -0.25) is 4.79 Å². The number of anilines is 1. The molecule has 0 saturated heterocycles. The summed E-state index contributed by atoms with van der Waals surface area (Å²) < 4.78 is 0. The number of aryl methyl sites for hydroxylation is 1. The van der Waals surface area contributed by atoms with Gasteiger partial charge in [0.15, 0.2) is 5.69 Å². The molecule has 0 bridgehead atoms. The molecule has 3 rings (SSSR count). The van der Waals surface area contributed by atoms with Crippen molar-refractivity contribution in [3.63, 3.8) is 0 Å². The first-order valence-corrected chi connectivity index (χ1v) is 7.81. The fourth-order valence-corrected chi connectivity index (χ4v) is 2.22.